The van der Waals surface area contributed by atoms with E-state index in [2.05, 4.69) is 20.9 Å². The number of carbonyl (C=O) groups is 1. The zero-order valence-electron chi connectivity index (χ0n) is 17.0. The predicted molar refractivity (Wildman–Crippen MR) is 128 cm³/mol. The maximum absolute atomic E-state index is 11.0. The van der Waals surface area contributed by atoms with E-state index in [1.54, 1.807) is 14.2 Å². The second-order valence-corrected chi connectivity index (χ2v) is 6.08. The molecule has 0 bridgehead atoms. The van der Waals surface area contributed by atoms with Gasteiger partial charge in [-0.15, -0.1) is 24.0 Å². The number of nitrogens with zero attached hydrogens (tertiary/aromatic N) is 1. The van der Waals surface area contributed by atoms with Gasteiger partial charge in [-0.1, -0.05) is 12.1 Å². The average molecular weight is 512 g/mol. The van der Waals surface area contributed by atoms with E-state index in [-0.39, 0.29) is 29.9 Å². The van der Waals surface area contributed by atoms with Gasteiger partial charge in [0.05, 0.1) is 13.7 Å². The summed E-state index contributed by atoms with van der Waals surface area (Å²) in [6, 6.07) is 15.3. The van der Waals surface area contributed by atoms with Gasteiger partial charge in [0, 0.05) is 26.2 Å². The molecule has 0 aliphatic rings. The Labute approximate surface area is 189 Å². The molecule has 2 rings (SSSR count). The summed E-state index contributed by atoms with van der Waals surface area (Å²) in [6.45, 7) is 3.41. The van der Waals surface area contributed by atoms with Gasteiger partial charge in [-0.05, 0) is 48.4 Å². The summed E-state index contributed by atoms with van der Waals surface area (Å²) in [5.74, 6) is 2.27. The largest absolute Gasteiger partial charge is 0.497 e. The Morgan fingerprint density at radius 1 is 0.966 bits per heavy atom. The first-order valence-electron chi connectivity index (χ1n) is 9.18. The van der Waals surface area contributed by atoms with Crippen LogP contribution in [0.1, 0.15) is 12.5 Å². The zero-order chi connectivity index (χ0) is 20.2. The third-order valence-corrected chi connectivity index (χ3v) is 3.93. The quantitative estimate of drug-likeness (QED) is 0.208. The highest BCUT2D eigenvalue weighted by molar-refractivity contribution is 14.0. The van der Waals surface area contributed by atoms with Gasteiger partial charge in [0.1, 0.15) is 18.1 Å². The van der Waals surface area contributed by atoms with Crippen molar-refractivity contribution in [2.75, 3.05) is 39.2 Å². The van der Waals surface area contributed by atoms with Crippen molar-refractivity contribution in [2.45, 2.75) is 13.3 Å². The van der Waals surface area contributed by atoms with Crippen LogP contribution in [0.3, 0.4) is 0 Å². The smallest absolute Gasteiger partial charge is 0.221 e. The first kappa shape index (κ1) is 24.5. The first-order valence-corrected chi connectivity index (χ1v) is 9.18. The SMILES string of the molecule is CN=C(NCCOc1ccc(OC)cc1)NCCc1ccc(NC(C)=O)cc1.I. The minimum absolute atomic E-state index is 0. The lowest BCUT2D eigenvalue weighted by Gasteiger charge is -2.13. The van der Waals surface area contributed by atoms with E-state index >= 15 is 0 Å². The Hall–Kier alpha value is -2.49. The molecule has 2 aromatic rings. The molecule has 2 aromatic carbocycles. The van der Waals surface area contributed by atoms with Crippen molar-refractivity contribution in [2.24, 2.45) is 4.99 Å². The molecule has 0 unspecified atom stereocenters. The van der Waals surface area contributed by atoms with Gasteiger partial charge in [0.25, 0.3) is 0 Å². The maximum Gasteiger partial charge on any atom is 0.221 e. The summed E-state index contributed by atoms with van der Waals surface area (Å²) in [7, 11) is 3.38. The van der Waals surface area contributed by atoms with Crippen LogP contribution in [0.25, 0.3) is 0 Å². The summed E-state index contributed by atoms with van der Waals surface area (Å²) < 4.78 is 10.8. The third kappa shape index (κ3) is 9.51. The monoisotopic (exact) mass is 512 g/mol. The number of ether oxygens (including phenoxy) is 2. The lowest BCUT2D eigenvalue weighted by molar-refractivity contribution is -0.114. The number of carbonyl (C=O) groups excluding carboxylic acids is 1. The molecular weight excluding hydrogens is 483 g/mol. The topological polar surface area (TPSA) is 84.0 Å². The minimum Gasteiger partial charge on any atom is -0.497 e. The number of guanidine groups is 1. The molecule has 0 saturated carbocycles. The molecule has 3 N–H and O–H groups in total. The summed E-state index contributed by atoms with van der Waals surface area (Å²) in [5, 5.41) is 9.26. The minimum atomic E-state index is -0.0692. The second-order valence-electron chi connectivity index (χ2n) is 6.08. The van der Waals surface area contributed by atoms with Gasteiger partial charge in [-0.3, -0.25) is 9.79 Å². The molecule has 0 atom stereocenters. The fourth-order valence-electron chi connectivity index (χ4n) is 2.51. The number of aliphatic imine (C=N–C) groups is 1. The van der Waals surface area contributed by atoms with Crippen LogP contribution < -0.4 is 25.4 Å². The van der Waals surface area contributed by atoms with Crippen LogP contribution in [0.2, 0.25) is 0 Å². The molecule has 7 nitrogen and oxygen atoms in total. The van der Waals surface area contributed by atoms with Crippen LogP contribution in [0.4, 0.5) is 5.69 Å². The molecule has 8 heteroatoms. The van der Waals surface area contributed by atoms with Gasteiger partial charge >= 0.3 is 0 Å². The molecule has 0 heterocycles. The van der Waals surface area contributed by atoms with Crippen molar-refractivity contribution in [3.05, 3.63) is 54.1 Å². The molecule has 0 fully saturated rings. The zero-order valence-corrected chi connectivity index (χ0v) is 19.4. The van der Waals surface area contributed by atoms with Gasteiger partial charge in [-0.25, -0.2) is 0 Å². The van der Waals surface area contributed by atoms with Crippen LogP contribution in [0.15, 0.2) is 53.5 Å². The van der Waals surface area contributed by atoms with Crippen molar-refractivity contribution in [3.63, 3.8) is 0 Å². The van der Waals surface area contributed by atoms with Gasteiger partial charge in [0.2, 0.25) is 5.91 Å². The second kappa shape index (κ2) is 13.6. The van der Waals surface area contributed by atoms with E-state index in [0.717, 1.165) is 36.1 Å². The Bertz CT molecular complexity index is 765. The molecule has 158 valence electrons. The lowest BCUT2D eigenvalue weighted by Crippen LogP contribution is -2.40. The number of amides is 1. The van der Waals surface area contributed by atoms with Crippen molar-refractivity contribution >= 4 is 41.5 Å². The molecular formula is C21H29IN4O3. The van der Waals surface area contributed by atoms with E-state index in [0.29, 0.717) is 13.2 Å². The standard InChI is InChI=1S/C21H28N4O3.HI/c1-16(26)25-18-6-4-17(5-7-18)12-13-23-21(22-2)24-14-15-28-20-10-8-19(27-3)9-11-20;/h4-11H,12-15H2,1-3H3,(H,25,26)(H2,22,23,24);1H. The third-order valence-electron chi connectivity index (χ3n) is 3.93. The first-order chi connectivity index (χ1) is 13.6. The summed E-state index contributed by atoms with van der Waals surface area (Å²) in [6.07, 6.45) is 0.851. The molecule has 0 radical (unpaired) electrons. The highest BCUT2D eigenvalue weighted by Gasteiger charge is 2.00. The van der Waals surface area contributed by atoms with E-state index in [9.17, 15) is 4.79 Å². The van der Waals surface area contributed by atoms with Crippen LogP contribution in [0, 0.1) is 0 Å². The number of benzene rings is 2. The van der Waals surface area contributed by atoms with E-state index in [1.807, 2.05) is 48.5 Å². The van der Waals surface area contributed by atoms with Crippen LogP contribution in [0.5, 0.6) is 11.5 Å². The van der Waals surface area contributed by atoms with Crippen LogP contribution in [-0.2, 0) is 11.2 Å². The molecule has 0 spiro atoms. The highest BCUT2D eigenvalue weighted by atomic mass is 127. The number of rotatable bonds is 9. The van der Waals surface area contributed by atoms with Crippen molar-refractivity contribution in [1.82, 2.24) is 10.6 Å². The van der Waals surface area contributed by atoms with E-state index < -0.39 is 0 Å². The summed E-state index contributed by atoms with van der Waals surface area (Å²) in [4.78, 5) is 15.2. The molecule has 0 aliphatic heterocycles. The van der Waals surface area contributed by atoms with E-state index in [4.69, 9.17) is 9.47 Å². The Morgan fingerprint density at radius 2 is 1.59 bits per heavy atom. The van der Waals surface area contributed by atoms with Crippen LogP contribution in [-0.4, -0.2) is 45.7 Å². The molecule has 0 saturated heterocycles. The molecule has 29 heavy (non-hydrogen) atoms. The number of halogens is 1. The lowest BCUT2D eigenvalue weighted by atomic mass is 10.1. The highest BCUT2D eigenvalue weighted by Crippen LogP contribution is 2.16. The average Bonchev–Trinajstić information content (AvgIpc) is 2.71. The van der Waals surface area contributed by atoms with Gasteiger partial charge in [0.15, 0.2) is 5.96 Å². The number of anilines is 1. The fourth-order valence-corrected chi connectivity index (χ4v) is 2.51. The number of methoxy groups -OCH3 is 1. The predicted octanol–water partition coefficient (Wildman–Crippen LogP) is 3.06. The number of hydrogen-bond acceptors (Lipinski definition) is 4. The fraction of sp³-hybridized carbons (Fsp3) is 0.333. The van der Waals surface area contributed by atoms with Gasteiger partial charge in [-0.2, -0.15) is 0 Å². The summed E-state index contributed by atoms with van der Waals surface area (Å²) >= 11 is 0. The summed E-state index contributed by atoms with van der Waals surface area (Å²) in [5.41, 5.74) is 1.98. The normalized spacial score (nSPS) is 10.5. The van der Waals surface area contributed by atoms with Gasteiger partial charge < -0.3 is 25.4 Å². The molecule has 0 aliphatic carbocycles. The Balaban J connectivity index is 0.00000420. The van der Waals surface area contributed by atoms with Crippen LogP contribution >= 0.6 is 24.0 Å². The maximum atomic E-state index is 11.0. The number of hydrogen-bond donors (Lipinski definition) is 3. The van der Waals surface area contributed by atoms with Crippen molar-refractivity contribution in [3.8, 4) is 11.5 Å². The number of nitrogens with one attached hydrogen (secondary N) is 3. The molecule has 1 amide bonds. The molecule has 0 aromatic heterocycles. The Morgan fingerprint density at radius 3 is 2.17 bits per heavy atom. The Kier molecular flexibility index (Phi) is 11.6. The van der Waals surface area contributed by atoms with Crippen molar-refractivity contribution < 1.29 is 14.3 Å². The van der Waals surface area contributed by atoms with Crippen molar-refractivity contribution in [1.29, 1.82) is 0 Å². The van der Waals surface area contributed by atoms with E-state index in [1.165, 1.54) is 12.5 Å².